The predicted molar refractivity (Wildman–Crippen MR) is 103 cm³/mol. The van der Waals surface area contributed by atoms with Crippen LogP contribution in [0.2, 0.25) is 5.02 Å². The normalized spacial score (nSPS) is 10.8. The number of hydrogen-bond donors (Lipinski definition) is 0. The molecule has 3 aromatic rings. The monoisotopic (exact) mass is 402 g/mol. The molecule has 0 atom stereocenters. The van der Waals surface area contributed by atoms with Crippen molar-refractivity contribution in [1.29, 1.82) is 0 Å². The van der Waals surface area contributed by atoms with Crippen LogP contribution in [0.4, 0.5) is 0 Å². The van der Waals surface area contributed by atoms with E-state index in [1.165, 1.54) is 24.9 Å². The van der Waals surface area contributed by atoms with Gasteiger partial charge in [0.2, 0.25) is 11.8 Å². The SMILES string of the molecule is COc1cc(OC)nc(Oc2cccc(Cl)c2C(=O)n2ccnc2C(C)C)n1. The van der Waals surface area contributed by atoms with Crippen molar-refractivity contribution in [2.24, 2.45) is 0 Å². The maximum atomic E-state index is 13.2. The van der Waals surface area contributed by atoms with Crippen LogP contribution in [0.1, 0.15) is 35.9 Å². The van der Waals surface area contributed by atoms with Gasteiger partial charge in [-0.25, -0.2) is 4.98 Å². The Bertz CT molecular complexity index is 981. The zero-order valence-corrected chi connectivity index (χ0v) is 16.6. The molecule has 9 heteroatoms. The predicted octanol–water partition coefficient (Wildman–Crippen LogP) is 3.95. The summed E-state index contributed by atoms with van der Waals surface area (Å²) >= 11 is 6.33. The second-order valence-corrected chi connectivity index (χ2v) is 6.47. The van der Waals surface area contributed by atoms with Gasteiger partial charge in [-0.05, 0) is 12.1 Å². The van der Waals surface area contributed by atoms with Crippen molar-refractivity contribution in [1.82, 2.24) is 19.5 Å². The molecular formula is C19H19ClN4O4. The van der Waals surface area contributed by atoms with Gasteiger partial charge in [0.15, 0.2) is 0 Å². The van der Waals surface area contributed by atoms with Crippen molar-refractivity contribution in [2.75, 3.05) is 14.2 Å². The molecule has 0 amide bonds. The van der Waals surface area contributed by atoms with Crippen molar-refractivity contribution in [2.45, 2.75) is 19.8 Å². The molecule has 2 aromatic heterocycles. The second-order valence-electron chi connectivity index (χ2n) is 6.07. The molecule has 1 aromatic carbocycles. The van der Waals surface area contributed by atoms with Gasteiger partial charge in [0, 0.05) is 18.3 Å². The van der Waals surface area contributed by atoms with Crippen LogP contribution >= 0.6 is 11.6 Å². The van der Waals surface area contributed by atoms with E-state index in [1.54, 1.807) is 30.6 Å². The fourth-order valence-corrected chi connectivity index (χ4v) is 2.81. The van der Waals surface area contributed by atoms with Crippen LogP contribution in [0, 0.1) is 0 Å². The van der Waals surface area contributed by atoms with Gasteiger partial charge in [0.05, 0.1) is 25.3 Å². The summed E-state index contributed by atoms with van der Waals surface area (Å²) in [5, 5.41) is 0.237. The fraction of sp³-hybridized carbons (Fsp3) is 0.263. The molecule has 0 bridgehead atoms. The summed E-state index contributed by atoms with van der Waals surface area (Å²) in [6, 6.07) is 6.36. The Morgan fingerprint density at radius 2 is 1.82 bits per heavy atom. The van der Waals surface area contributed by atoms with Crippen LogP contribution in [-0.4, -0.2) is 39.6 Å². The minimum absolute atomic E-state index is 0.0396. The number of rotatable bonds is 6. The lowest BCUT2D eigenvalue weighted by Crippen LogP contribution is -2.17. The maximum Gasteiger partial charge on any atom is 0.328 e. The number of methoxy groups -OCH3 is 2. The van der Waals surface area contributed by atoms with Crippen LogP contribution < -0.4 is 14.2 Å². The number of aromatic nitrogens is 4. The number of halogens is 1. The summed E-state index contributed by atoms with van der Waals surface area (Å²) in [6.45, 7) is 3.90. The minimum Gasteiger partial charge on any atom is -0.481 e. The summed E-state index contributed by atoms with van der Waals surface area (Å²) in [6.07, 6.45) is 3.16. The lowest BCUT2D eigenvalue weighted by molar-refractivity contribution is 0.0953. The van der Waals surface area contributed by atoms with Crippen molar-refractivity contribution in [3.63, 3.8) is 0 Å². The molecule has 3 rings (SSSR count). The van der Waals surface area contributed by atoms with E-state index in [0.29, 0.717) is 5.82 Å². The van der Waals surface area contributed by atoms with Crippen LogP contribution in [-0.2, 0) is 0 Å². The highest BCUT2D eigenvalue weighted by molar-refractivity contribution is 6.34. The Morgan fingerprint density at radius 3 is 2.43 bits per heavy atom. The van der Waals surface area contributed by atoms with Gasteiger partial charge >= 0.3 is 6.01 Å². The molecule has 0 aliphatic rings. The molecule has 2 heterocycles. The molecular weight excluding hydrogens is 384 g/mol. The third-order valence-electron chi connectivity index (χ3n) is 3.87. The largest absolute Gasteiger partial charge is 0.481 e. The Morgan fingerprint density at radius 1 is 1.14 bits per heavy atom. The van der Waals surface area contributed by atoms with Gasteiger partial charge in [-0.3, -0.25) is 9.36 Å². The van der Waals surface area contributed by atoms with E-state index in [4.69, 9.17) is 25.8 Å². The smallest absolute Gasteiger partial charge is 0.328 e. The highest BCUT2D eigenvalue weighted by Gasteiger charge is 2.23. The Balaban J connectivity index is 2.04. The second kappa shape index (κ2) is 8.26. The average molecular weight is 403 g/mol. The lowest BCUT2D eigenvalue weighted by atomic mass is 10.1. The number of hydrogen-bond acceptors (Lipinski definition) is 7. The van der Waals surface area contributed by atoms with Crippen molar-refractivity contribution in [3.8, 4) is 23.5 Å². The van der Waals surface area contributed by atoms with E-state index >= 15 is 0 Å². The topological polar surface area (TPSA) is 88.4 Å². The fourth-order valence-electron chi connectivity index (χ4n) is 2.57. The molecule has 28 heavy (non-hydrogen) atoms. The molecule has 0 fully saturated rings. The first-order valence-electron chi connectivity index (χ1n) is 8.46. The van der Waals surface area contributed by atoms with E-state index < -0.39 is 0 Å². The van der Waals surface area contributed by atoms with Gasteiger partial charge in [-0.1, -0.05) is 31.5 Å². The van der Waals surface area contributed by atoms with Crippen LogP contribution in [0.5, 0.6) is 23.5 Å². The summed E-state index contributed by atoms with van der Waals surface area (Å²) < 4.78 is 17.5. The van der Waals surface area contributed by atoms with E-state index in [9.17, 15) is 4.79 Å². The molecule has 0 saturated carbocycles. The molecule has 0 aliphatic heterocycles. The Hall–Kier alpha value is -3.13. The summed E-state index contributed by atoms with van der Waals surface area (Å²) in [4.78, 5) is 25.7. The van der Waals surface area contributed by atoms with E-state index in [-0.39, 0.29) is 45.9 Å². The zero-order valence-electron chi connectivity index (χ0n) is 15.8. The van der Waals surface area contributed by atoms with E-state index in [0.717, 1.165) is 0 Å². The summed E-state index contributed by atoms with van der Waals surface area (Å²) in [5.74, 6) is 1.03. The lowest BCUT2D eigenvalue weighted by Gasteiger charge is -2.14. The molecule has 8 nitrogen and oxygen atoms in total. The Kier molecular flexibility index (Phi) is 5.79. The van der Waals surface area contributed by atoms with Gasteiger partial charge in [-0.15, -0.1) is 0 Å². The average Bonchev–Trinajstić information content (AvgIpc) is 3.17. The molecule has 0 spiro atoms. The number of imidazole rings is 1. The quantitative estimate of drug-likeness (QED) is 0.616. The number of benzene rings is 1. The standard InChI is InChI=1S/C19H19ClN4O4/c1-11(2)17-21-8-9-24(17)18(25)16-12(20)6-5-7-13(16)28-19-22-14(26-3)10-15(23-19)27-4/h5-11H,1-4H3. The molecule has 0 unspecified atom stereocenters. The third-order valence-corrected chi connectivity index (χ3v) is 4.19. The van der Waals surface area contributed by atoms with Crippen molar-refractivity contribution in [3.05, 3.63) is 53.1 Å². The zero-order chi connectivity index (χ0) is 20.3. The number of nitrogens with zero attached hydrogens (tertiary/aromatic N) is 4. The highest BCUT2D eigenvalue weighted by Crippen LogP contribution is 2.32. The maximum absolute atomic E-state index is 13.2. The summed E-state index contributed by atoms with van der Waals surface area (Å²) in [5.41, 5.74) is 0.175. The number of ether oxygens (including phenoxy) is 3. The molecule has 0 saturated heterocycles. The van der Waals surface area contributed by atoms with Crippen molar-refractivity contribution < 1.29 is 19.0 Å². The first-order valence-corrected chi connectivity index (χ1v) is 8.83. The van der Waals surface area contributed by atoms with Gasteiger partial charge < -0.3 is 14.2 Å². The molecule has 0 radical (unpaired) electrons. The van der Waals surface area contributed by atoms with Crippen LogP contribution in [0.25, 0.3) is 0 Å². The third kappa shape index (κ3) is 3.91. The first kappa shape index (κ1) is 19.6. The number of carbonyl (C=O) groups is 1. The van der Waals surface area contributed by atoms with E-state index in [2.05, 4.69) is 15.0 Å². The molecule has 0 N–H and O–H groups in total. The highest BCUT2D eigenvalue weighted by atomic mass is 35.5. The number of carbonyl (C=O) groups excluding carboxylic acids is 1. The summed E-state index contributed by atoms with van der Waals surface area (Å²) in [7, 11) is 2.93. The molecule has 146 valence electrons. The van der Waals surface area contributed by atoms with Crippen LogP contribution in [0.3, 0.4) is 0 Å². The van der Waals surface area contributed by atoms with Crippen LogP contribution in [0.15, 0.2) is 36.7 Å². The Labute approximate surface area is 167 Å². The van der Waals surface area contributed by atoms with Gasteiger partial charge in [-0.2, -0.15) is 9.97 Å². The first-order chi connectivity index (χ1) is 13.4. The van der Waals surface area contributed by atoms with Crippen molar-refractivity contribution >= 4 is 17.5 Å². The molecule has 0 aliphatic carbocycles. The van der Waals surface area contributed by atoms with E-state index in [1.807, 2.05) is 13.8 Å². The van der Waals surface area contributed by atoms with Gasteiger partial charge in [0.1, 0.15) is 17.1 Å². The minimum atomic E-state index is -0.364. The van der Waals surface area contributed by atoms with Gasteiger partial charge in [0.25, 0.3) is 5.91 Å².